The Morgan fingerprint density at radius 2 is 1.69 bits per heavy atom. The number of benzene rings is 1. The summed E-state index contributed by atoms with van der Waals surface area (Å²) in [5.41, 5.74) is 0. The lowest BCUT2D eigenvalue weighted by Gasteiger charge is -2.28. The van der Waals surface area contributed by atoms with E-state index in [-0.39, 0.29) is 12.1 Å². The summed E-state index contributed by atoms with van der Waals surface area (Å²) in [5.74, 6) is 1.95. The van der Waals surface area contributed by atoms with Crippen LogP contribution in [0.25, 0.3) is 0 Å². The largest absolute Gasteiger partial charge is 0.492 e. The molecule has 0 atom stereocenters. The van der Waals surface area contributed by atoms with Gasteiger partial charge in [0.2, 0.25) is 18.2 Å². The van der Waals surface area contributed by atoms with Gasteiger partial charge in [0.1, 0.15) is 12.4 Å². The van der Waals surface area contributed by atoms with Crippen LogP contribution in [0.4, 0.5) is 0 Å². The number of ether oxygens (including phenoxy) is 1. The monoisotopic (exact) mass is 357 g/mol. The third kappa shape index (κ3) is 6.16. The van der Waals surface area contributed by atoms with Gasteiger partial charge in [0.05, 0.1) is 6.54 Å². The number of aliphatic imine (C=N–C) groups is 2. The summed E-state index contributed by atoms with van der Waals surface area (Å²) in [5, 5.41) is 19.1. The second-order valence-corrected chi connectivity index (χ2v) is 6.48. The van der Waals surface area contributed by atoms with Gasteiger partial charge in [-0.1, -0.05) is 18.2 Å². The summed E-state index contributed by atoms with van der Waals surface area (Å²) in [7, 11) is 0. The molecule has 0 fully saturated rings. The van der Waals surface area contributed by atoms with E-state index in [1.165, 1.54) is 4.90 Å². The van der Waals surface area contributed by atoms with Crippen molar-refractivity contribution in [3.63, 3.8) is 0 Å². The van der Waals surface area contributed by atoms with Gasteiger partial charge in [-0.2, -0.15) is 5.26 Å². The quantitative estimate of drug-likeness (QED) is 0.505. The average molecular weight is 357 g/mol. The molecule has 0 aliphatic carbocycles. The fraction of sp³-hybridized carbons (Fsp3) is 0.500. The van der Waals surface area contributed by atoms with Crippen LogP contribution in [-0.4, -0.2) is 48.3 Å². The standard InChI is InChI=1S/C18H27N7O/c1-13(2)20-16-22-17(21-14(3)4)24-18(23-16)25(12-19)10-11-26-15-8-6-5-7-9-15/h5-9,13-14,18H,10-11H2,1-4H3,(H3,20,21,22,23,24). The van der Waals surface area contributed by atoms with Gasteiger partial charge in [-0.3, -0.25) is 10.2 Å². The van der Waals surface area contributed by atoms with E-state index in [1.54, 1.807) is 0 Å². The summed E-state index contributed by atoms with van der Waals surface area (Å²) in [4.78, 5) is 10.5. The lowest BCUT2D eigenvalue weighted by Crippen LogP contribution is -2.54. The van der Waals surface area contributed by atoms with Gasteiger partial charge in [-0.25, -0.2) is 9.98 Å². The predicted octanol–water partition coefficient (Wildman–Crippen LogP) is 1.44. The highest BCUT2D eigenvalue weighted by Gasteiger charge is 2.23. The molecule has 8 heteroatoms. The maximum absolute atomic E-state index is 9.53. The van der Waals surface area contributed by atoms with E-state index in [0.717, 1.165) is 5.75 Å². The Balaban J connectivity index is 2.03. The van der Waals surface area contributed by atoms with E-state index >= 15 is 0 Å². The minimum absolute atomic E-state index is 0.206. The second-order valence-electron chi connectivity index (χ2n) is 6.48. The number of hydrogen-bond donors (Lipinski definition) is 3. The average Bonchev–Trinajstić information content (AvgIpc) is 2.58. The van der Waals surface area contributed by atoms with Gasteiger partial charge in [0, 0.05) is 12.1 Å². The van der Waals surface area contributed by atoms with E-state index in [2.05, 4.69) is 32.1 Å². The number of guanidine groups is 2. The minimum Gasteiger partial charge on any atom is -0.492 e. The summed E-state index contributed by atoms with van der Waals surface area (Å²) in [6.07, 6.45) is 1.53. The highest BCUT2D eigenvalue weighted by Crippen LogP contribution is 2.10. The molecule has 1 aromatic rings. The smallest absolute Gasteiger partial charge is 0.231 e. The first-order valence-corrected chi connectivity index (χ1v) is 8.78. The normalized spacial score (nSPS) is 14.2. The topological polar surface area (TPSA) is 97.1 Å². The third-order valence-electron chi connectivity index (χ3n) is 3.33. The van der Waals surface area contributed by atoms with Crippen LogP contribution in [0.3, 0.4) is 0 Å². The van der Waals surface area contributed by atoms with Crippen LogP contribution in [0.5, 0.6) is 5.75 Å². The van der Waals surface area contributed by atoms with Crippen LogP contribution < -0.4 is 20.7 Å². The number of nitrogens with one attached hydrogen (secondary N) is 3. The summed E-state index contributed by atoms with van der Waals surface area (Å²) in [6.45, 7) is 8.85. The highest BCUT2D eigenvalue weighted by atomic mass is 16.5. The first kappa shape index (κ1) is 19.4. The van der Waals surface area contributed by atoms with E-state index < -0.39 is 6.29 Å². The molecule has 0 saturated heterocycles. The Bertz CT molecular complexity index is 638. The molecular formula is C18H27N7O. The Morgan fingerprint density at radius 1 is 1.12 bits per heavy atom. The summed E-state index contributed by atoms with van der Waals surface area (Å²) in [6, 6.07) is 9.92. The molecule has 140 valence electrons. The van der Waals surface area contributed by atoms with Crippen molar-refractivity contribution in [2.24, 2.45) is 9.98 Å². The Labute approximate surface area is 155 Å². The molecule has 0 spiro atoms. The number of hydrogen-bond acceptors (Lipinski definition) is 8. The summed E-state index contributed by atoms with van der Waals surface area (Å²) >= 11 is 0. The number of para-hydroxylation sites is 1. The molecule has 8 nitrogen and oxygen atoms in total. The number of nitrogens with zero attached hydrogens (tertiary/aromatic N) is 4. The molecule has 3 N–H and O–H groups in total. The molecule has 1 aromatic carbocycles. The van der Waals surface area contributed by atoms with Crippen LogP contribution in [-0.2, 0) is 0 Å². The summed E-state index contributed by atoms with van der Waals surface area (Å²) < 4.78 is 5.68. The van der Waals surface area contributed by atoms with E-state index in [4.69, 9.17) is 4.74 Å². The van der Waals surface area contributed by atoms with Crippen molar-refractivity contribution >= 4 is 11.9 Å². The zero-order valence-electron chi connectivity index (χ0n) is 15.7. The van der Waals surface area contributed by atoms with Crippen LogP contribution in [0, 0.1) is 11.5 Å². The van der Waals surface area contributed by atoms with Crippen LogP contribution in [0.1, 0.15) is 27.7 Å². The third-order valence-corrected chi connectivity index (χ3v) is 3.33. The van der Waals surface area contributed by atoms with E-state index in [0.29, 0.717) is 25.1 Å². The molecule has 0 bridgehead atoms. The van der Waals surface area contributed by atoms with Gasteiger partial charge < -0.3 is 15.4 Å². The molecule has 1 heterocycles. The van der Waals surface area contributed by atoms with Crippen molar-refractivity contribution in [1.82, 2.24) is 20.9 Å². The van der Waals surface area contributed by atoms with Crippen molar-refractivity contribution in [3.8, 4) is 11.9 Å². The lowest BCUT2D eigenvalue weighted by atomic mass is 10.3. The molecule has 26 heavy (non-hydrogen) atoms. The van der Waals surface area contributed by atoms with Crippen molar-refractivity contribution in [2.75, 3.05) is 13.2 Å². The van der Waals surface area contributed by atoms with Crippen LogP contribution in [0.2, 0.25) is 0 Å². The molecular weight excluding hydrogens is 330 g/mol. The zero-order valence-corrected chi connectivity index (χ0v) is 15.7. The molecule has 0 radical (unpaired) electrons. The van der Waals surface area contributed by atoms with Gasteiger partial charge >= 0.3 is 0 Å². The van der Waals surface area contributed by atoms with E-state index in [1.807, 2.05) is 58.0 Å². The molecule has 1 aliphatic rings. The maximum atomic E-state index is 9.53. The molecule has 0 saturated carbocycles. The first-order chi connectivity index (χ1) is 12.5. The number of rotatable bonds is 7. The maximum Gasteiger partial charge on any atom is 0.231 e. The Morgan fingerprint density at radius 3 is 2.19 bits per heavy atom. The SMILES string of the molecule is CC(C)NC1=NC(N(C#N)CCOc2ccccc2)N=C(NC(C)C)N1. The fourth-order valence-electron chi connectivity index (χ4n) is 2.27. The Hall–Kier alpha value is -2.95. The molecule has 0 unspecified atom stereocenters. The van der Waals surface area contributed by atoms with Gasteiger partial charge in [0.15, 0.2) is 6.19 Å². The first-order valence-electron chi connectivity index (χ1n) is 8.78. The van der Waals surface area contributed by atoms with Gasteiger partial charge in [0.25, 0.3) is 0 Å². The van der Waals surface area contributed by atoms with Crippen molar-refractivity contribution in [1.29, 1.82) is 5.26 Å². The number of nitriles is 1. The Kier molecular flexibility index (Phi) is 7.09. The molecule has 0 amide bonds. The van der Waals surface area contributed by atoms with E-state index in [9.17, 15) is 5.26 Å². The molecule has 0 aromatic heterocycles. The minimum atomic E-state index is -0.636. The van der Waals surface area contributed by atoms with Gasteiger partial charge in [-0.15, -0.1) is 0 Å². The van der Waals surface area contributed by atoms with Crippen LogP contribution in [0.15, 0.2) is 40.3 Å². The lowest BCUT2D eigenvalue weighted by molar-refractivity contribution is 0.225. The van der Waals surface area contributed by atoms with Crippen molar-refractivity contribution in [3.05, 3.63) is 30.3 Å². The van der Waals surface area contributed by atoms with Crippen LogP contribution >= 0.6 is 0 Å². The highest BCUT2D eigenvalue weighted by molar-refractivity contribution is 6.00. The second kappa shape index (κ2) is 9.51. The van der Waals surface area contributed by atoms with Gasteiger partial charge in [-0.05, 0) is 39.8 Å². The predicted molar refractivity (Wildman–Crippen MR) is 103 cm³/mol. The molecule has 1 aliphatic heterocycles. The van der Waals surface area contributed by atoms with Crippen molar-refractivity contribution < 1.29 is 4.74 Å². The fourth-order valence-corrected chi connectivity index (χ4v) is 2.27. The zero-order chi connectivity index (χ0) is 18.9. The molecule has 2 rings (SSSR count). The van der Waals surface area contributed by atoms with Crippen molar-refractivity contribution in [2.45, 2.75) is 46.1 Å².